The molecule has 0 radical (unpaired) electrons. The fourth-order valence-electron chi connectivity index (χ4n) is 2.20. The van der Waals surface area contributed by atoms with Crippen LogP contribution < -0.4 is 5.32 Å². The Bertz CT molecular complexity index is 364. The molecule has 0 saturated carbocycles. The zero-order valence-electron chi connectivity index (χ0n) is 10.4. The van der Waals surface area contributed by atoms with E-state index in [9.17, 15) is 4.79 Å². The summed E-state index contributed by atoms with van der Waals surface area (Å²) in [6, 6.07) is 10.0. The Morgan fingerprint density at radius 3 is 2.88 bits per heavy atom. The van der Waals surface area contributed by atoms with Crippen LogP contribution in [0.15, 0.2) is 30.3 Å². The minimum atomic E-state index is 0.222. The van der Waals surface area contributed by atoms with E-state index in [0.29, 0.717) is 12.6 Å². The number of Topliss-reactive ketones (excluding diaryl/α,β-unsaturated/α-hetero) is 1. The molecule has 1 saturated heterocycles. The molecule has 92 valence electrons. The van der Waals surface area contributed by atoms with Gasteiger partial charge in [-0.15, -0.1) is 0 Å². The molecular formula is C14H20N2O. The van der Waals surface area contributed by atoms with Gasteiger partial charge in [-0.25, -0.2) is 0 Å². The first kappa shape index (κ1) is 12.3. The summed E-state index contributed by atoms with van der Waals surface area (Å²) in [5.74, 6) is 0.222. The molecule has 1 atom stereocenters. The highest BCUT2D eigenvalue weighted by Gasteiger charge is 2.19. The molecule has 1 aliphatic heterocycles. The predicted octanol–water partition coefficient (Wildman–Crippen LogP) is 1.55. The van der Waals surface area contributed by atoms with Crippen LogP contribution in [-0.2, 0) is 0 Å². The van der Waals surface area contributed by atoms with Gasteiger partial charge in [-0.2, -0.15) is 0 Å². The van der Waals surface area contributed by atoms with Gasteiger partial charge < -0.3 is 5.32 Å². The third-order valence-electron chi connectivity index (χ3n) is 3.38. The summed E-state index contributed by atoms with van der Waals surface area (Å²) in [5.41, 5.74) is 0.817. The highest BCUT2D eigenvalue weighted by Crippen LogP contribution is 2.08. The van der Waals surface area contributed by atoms with Crippen molar-refractivity contribution in [3.63, 3.8) is 0 Å². The van der Waals surface area contributed by atoms with Crippen molar-refractivity contribution in [2.75, 3.05) is 26.2 Å². The predicted molar refractivity (Wildman–Crippen MR) is 69.3 cm³/mol. The molecule has 2 rings (SSSR count). The van der Waals surface area contributed by atoms with Gasteiger partial charge in [-0.1, -0.05) is 30.3 Å². The summed E-state index contributed by atoms with van der Waals surface area (Å²) in [6.07, 6.45) is 1.11. The van der Waals surface area contributed by atoms with Crippen LogP contribution in [-0.4, -0.2) is 42.9 Å². The van der Waals surface area contributed by atoms with Crippen LogP contribution in [0.3, 0.4) is 0 Å². The number of ketones is 1. The molecule has 0 aromatic heterocycles. The van der Waals surface area contributed by atoms with Crippen LogP contribution in [0.5, 0.6) is 0 Å². The third kappa shape index (κ3) is 3.38. The maximum absolute atomic E-state index is 12.1. The average Bonchev–Trinajstić information content (AvgIpc) is 2.56. The number of benzene rings is 1. The topological polar surface area (TPSA) is 32.3 Å². The zero-order chi connectivity index (χ0) is 12.1. The molecule has 3 nitrogen and oxygen atoms in total. The van der Waals surface area contributed by atoms with E-state index in [-0.39, 0.29) is 5.78 Å². The molecule has 1 N–H and O–H groups in total. The van der Waals surface area contributed by atoms with E-state index in [1.54, 1.807) is 0 Å². The summed E-state index contributed by atoms with van der Waals surface area (Å²) in [4.78, 5) is 14.4. The molecule has 0 amide bonds. The Kier molecular flexibility index (Phi) is 4.29. The lowest BCUT2D eigenvalue weighted by Crippen LogP contribution is -2.38. The minimum absolute atomic E-state index is 0.222. The number of hydrogen-bond donors (Lipinski definition) is 1. The molecule has 1 heterocycles. The molecule has 0 aliphatic carbocycles. The van der Waals surface area contributed by atoms with E-state index >= 15 is 0 Å². The van der Waals surface area contributed by atoms with Crippen LogP contribution in [0.25, 0.3) is 0 Å². The Labute approximate surface area is 103 Å². The maximum Gasteiger partial charge on any atom is 0.176 e. The van der Waals surface area contributed by atoms with E-state index in [1.165, 1.54) is 0 Å². The standard InChI is InChI=1S/C14H20N2O/c1-12-7-8-15-9-10-16(12)11-14(17)13-5-3-2-4-6-13/h2-6,12,15H,7-11H2,1H3/t12-/m1/s1. The summed E-state index contributed by atoms with van der Waals surface area (Å²) < 4.78 is 0. The van der Waals surface area contributed by atoms with E-state index in [4.69, 9.17) is 0 Å². The first-order chi connectivity index (χ1) is 8.27. The molecule has 0 spiro atoms. The van der Waals surface area contributed by atoms with Crippen molar-refractivity contribution in [2.45, 2.75) is 19.4 Å². The Balaban J connectivity index is 1.98. The Morgan fingerprint density at radius 1 is 1.35 bits per heavy atom. The van der Waals surface area contributed by atoms with Gasteiger partial charge in [-0.3, -0.25) is 9.69 Å². The second-order valence-electron chi connectivity index (χ2n) is 4.65. The SMILES string of the molecule is C[C@@H]1CCNCCN1CC(=O)c1ccccc1. The average molecular weight is 232 g/mol. The highest BCUT2D eigenvalue weighted by molar-refractivity contribution is 5.97. The molecule has 0 bridgehead atoms. The van der Waals surface area contributed by atoms with Crippen LogP contribution in [0.2, 0.25) is 0 Å². The van der Waals surface area contributed by atoms with E-state index in [0.717, 1.165) is 31.6 Å². The molecule has 0 unspecified atom stereocenters. The summed E-state index contributed by atoms with van der Waals surface area (Å²) in [6.45, 7) is 5.72. The van der Waals surface area contributed by atoms with E-state index in [1.807, 2.05) is 30.3 Å². The second kappa shape index (κ2) is 5.94. The van der Waals surface area contributed by atoms with Crippen LogP contribution in [0.1, 0.15) is 23.7 Å². The first-order valence-electron chi connectivity index (χ1n) is 6.30. The number of carbonyl (C=O) groups is 1. The van der Waals surface area contributed by atoms with Crippen LogP contribution >= 0.6 is 0 Å². The third-order valence-corrected chi connectivity index (χ3v) is 3.38. The fourth-order valence-corrected chi connectivity index (χ4v) is 2.20. The second-order valence-corrected chi connectivity index (χ2v) is 4.65. The lowest BCUT2D eigenvalue weighted by molar-refractivity contribution is 0.0905. The molecule has 1 aromatic carbocycles. The summed E-state index contributed by atoms with van der Waals surface area (Å²) in [7, 11) is 0. The van der Waals surface area contributed by atoms with Gasteiger partial charge in [-0.05, 0) is 19.9 Å². The molecule has 1 aliphatic rings. The molecule has 3 heteroatoms. The van der Waals surface area contributed by atoms with Gasteiger partial charge in [0.1, 0.15) is 0 Å². The molecule has 1 fully saturated rings. The Morgan fingerprint density at radius 2 is 2.12 bits per heavy atom. The van der Waals surface area contributed by atoms with Gasteiger partial charge in [0.15, 0.2) is 5.78 Å². The number of nitrogens with one attached hydrogen (secondary N) is 1. The lowest BCUT2D eigenvalue weighted by Gasteiger charge is -2.25. The van der Waals surface area contributed by atoms with Gasteiger partial charge in [0.2, 0.25) is 0 Å². The van der Waals surface area contributed by atoms with Gasteiger partial charge in [0, 0.05) is 24.7 Å². The number of nitrogens with zero attached hydrogens (tertiary/aromatic N) is 1. The smallest absolute Gasteiger partial charge is 0.176 e. The van der Waals surface area contributed by atoms with Crippen molar-refractivity contribution < 1.29 is 4.79 Å². The van der Waals surface area contributed by atoms with Crippen molar-refractivity contribution in [1.82, 2.24) is 10.2 Å². The van der Waals surface area contributed by atoms with Crippen LogP contribution in [0, 0.1) is 0 Å². The van der Waals surface area contributed by atoms with Crippen molar-refractivity contribution >= 4 is 5.78 Å². The maximum atomic E-state index is 12.1. The largest absolute Gasteiger partial charge is 0.315 e. The fraction of sp³-hybridized carbons (Fsp3) is 0.500. The highest BCUT2D eigenvalue weighted by atomic mass is 16.1. The van der Waals surface area contributed by atoms with Crippen LogP contribution in [0.4, 0.5) is 0 Å². The number of hydrogen-bond acceptors (Lipinski definition) is 3. The molecular weight excluding hydrogens is 212 g/mol. The van der Waals surface area contributed by atoms with Gasteiger partial charge >= 0.3 is 0 Å². The van der Waals surface area contributed by atoms with E-state index in [2.05, 4.69) is 17.1 Å². The van der Waals surface area contributed by atoms with Crippen molar-refractivity contribution in [3.8, 4) is 0 Å². The molecule has 17 heavy (non-hydrogen) atoms. The first-order valence-corrected chi connectivity index (χ1v) is 6.30. The van der Waals surface area contributed by atoms with Crippen molar-refractivity contribution in [1.29, 1.82) is 0 Å². The van der Waals surface area contributed by atoms with Gasteiger partial charge in [0.05, 0.1) is 6.54 Å². The normalized spacial score (nSPS) is 22.1. The lowest BCUT2D eigenvalue weighted by atomic mass is 10.1. The monoisotopic (exact) mass is 232 g/mol. The van der Waals surface area contributed by atoms with E-state index < -0.39 is 0 Å². The summed E-state index contributed by atoms with van der Waals surface area (Å²) in [5, 5.41) is 3.37. The van der Waals surface area contributed by atoms with Crippen molar-refractivity contribution in [3.05, 3.63) is 35.9 Å². The quantitative estimate of drug-likeness (QED) is 0.803. The zero-order valence-corrected chi connectivity index (χ0v) is 10.4. The summed E-state index contributed by atoms with van der Waals surface area (Å²) >= 11 is 0. The Hall–Kier alpha value is -1.19. The minimum Gasteiger partial charge on any atom is -0.315 e. The van der Waals surface area contributed by atoms with Gasteiger partial charge in [0.25, 0.3) is 0 Å². The number of carbonyl (C=O) groups excluding carboxylic acids is 1. The molecule has 1 aromatic rings. The number of rotatable bonds is 3. The van der Waals surface area contributed by atoms with Crippen molar-refractivity contribution in [2.24, 2.45) is 0 Å².